The zero-order valence-corrected chi connectivity index (χ0v) is 24.2. The number of sulfonamides is 1. The van der Waals surface area contributed by atoms with Crippen molar-refractivity contribution in [3.05, 3.63) is 29.8 Å². The van der Waals surface area contributed by atoms with Crippen molar-refractivity contribution >= 4 is 16.2 Å². The van der Waals surface area contributed by atoms with Gasteiger partial charge in [0.25, 0.3) is 0 Å². The predicted molar refractivity (Wildman–Crippen MR) is 147 cm³/mol. The first-order valence-electron chi connectivity index (χ1n) is 13.8. The number of hydrogen-bond acceptors (Lipinski definition) is 6. The third kappa shape index (κ3) is 14.2. The van der Waals surface area contributed by atoms with Crippen LogP contribution in [0.5, 0.6) is 0 Å². The Labute approximate surface area is 221 Å². The summed E-state index contributed by atoms with van der Waals surface area (Å²) >= 11 is 0. The molecule has 0 aliphatic carbocycles. The van der Waals surface area contributed by atoms with Crippen LogP contribution in [0.1, 0.15) is 91.0 Å². The van der Waals surface area contributed by atoms with Gasteiger partial charge in [-0.15, -0.1) is 0 Å². The van der Waals surface area contributed by atoms with Crippen LogP contribution in [0.2, 0.25) is 0 Å². The van der Waals surface area contributed by atoms with Gasteiger partial charge in [-0.25, -0.2) is 8.42 Å². The van der Waals surface area contributed by atoms with Crippen molar-refractivity contribution < 1.29 is 18.0 Å². The lowest BCUT2D eigenvalue weighted by molar-refractivity contribution is -0.191. The van der Waals surface area contributed by atoms with Crippen LogP contribution in [-0.4, -0.2) is 69.1 Å². The second-order valence-electron chi connectivity index (χ2n) is 9.40. The summed E-state index contributed by atoms with van der Waals surface area (Å²) in [6, 6.07) is 7.37. The van der Waals surface area contributed by atoms with Crippen LogP contribution in [0.4, 0.5) is 0 Å². The summed E-state index contributed by atoms with van der Waals surface area (Å²) in [6.07, 6.45) is 10.7. The van der Waals surface area contributed by atoms with Gasteiger partial charge in [0.05, 0.1) is 4.90 Å². The fourth-order valence-electron chi connectivity index (χ4n) is 4.36. The minimum atomic E-state index is -3.45. The number of piperidine rings is 1. The van der Waals surface area contributed by atoms with Gasteiger partial charge in [-0.2, -0.15) is 13.9 Å². The molecule has 1 aromatic rings. The third-order valence-corrected chi connectivity index (χ3v) is 8.20. The fraction of sp³-hybridized carbons (Fsp3) is 0.750. The number of benzene rings is 1. The van der Waals surface area contributed by atoms with Crippen LogP contribution in [-0.2, 0) is 19.6 Å². The first kappa shape index (κ1) is 34.4. The number of aryl methyl sites for hydroxylation is 1. The van der Waals surface area contributed by atoms with Crippen molar-refractivity contribution in [2.75, 3.05) is 39.3 Å². The molecule has 1 heterocycles. The zero-order chi connectivity index (χ0) is 27.2. The highest BCUT2D eigenvalue weighted by atomic mass is 32.2. The maximum Gasteiger partial charge on any atom is 0.373 e. The quantitative estimate of drug-likeness (QED) is 0.334. The Morgan fingerprint density at radius 2 is 1.31 bits per heavy atom. The summed E-state index contributed by atoms with van der Waals surface area (Å²) in [6.45, 7) is 16.4. The summed E-state index contributed by atoms with van der Waals surface area (Å²) in [5.41, 5.74) is 1.08. The highest BCUT2D eigenvalue weighted by molar-refractivity contribution is 7.89. The van der Waals surface area contributed by atoms with Gasteiger partial charge in [0.2, 0.25) is 10.0 Å². The monoisotopic (exact) mass is 525 g/mol. The van der Waals surface area contributed by atoms with Gasteiger partial charge in [0.1, 0.15) is 0 Å². The van der Waals surface area contributed by atoms with E-state index in [0.29, 0.717) is 11.4 Å². The molecule has 0 spiro atoms. The van der Waals surface area contributed by atoms with E-state index >= 15 is 0 Å². The summed E-state index contributed by atoms with van der Waals surface area (Å²) in [5, 5.41) is 3.35. The number of nitrogens with one attached hydrogen (secondary N) is 1. The van der Waals surface area contributed by atoms with E-state index in [1.165, 1.54) is 25.7 Å². The standard InChI is InChI=1S/C21H37N3O2S.C6H14.CO2/c1-4-15-23(16-5-2)17-6-18-24(20-11-13-22-14-12-20)27(25,26)21-9-7-19(3)8-10-21;1-3-5-6-4-2;2-1-3/h7-10,20,22H,4-6,11-18H2,1-3H3;3-6H2,1-2H3;. The lowest BCUT2D eigenvalue weighted by Gasteiger charge is -2.34. The number of rotatable bonds is 14. The van der Waals surface area contributed by atoms with Gasteiger partial charge >= 0.3 is 6.15 Å². The molecule has 0 atom stereocenters. The van der Waals surface area contributed by atoms with Crippen LogP contribution >= 0.6 is 0 Å². The van der Waals surface area contributed by atoms with Crippen molar-refractivity contribution in [2.24, 2.45) is 0 Å². The van der Waals surface area contributed by atoms with Gasteiger partial charge < -0.3 is 10.2 Å². The van der Waals surface area contributed by atoms with E-state index in [-0.39, 0.29) is 12.2 Å². The smallest absolute Gasteiger partial charge is 0.317 e. The highest BCUT2D eigenvalue weighted by Gasteiger charge is 2.32. The highest BCUT2D eigenvalue weighted by Crippen LogP contribution is 2.23. The molecular formula is C28H51N3O4S. The Hall–Kier alpha value is -1.57. The van der Waals surface area contributed by atoms with Crippen LogP contribution in [0.25, 0.3) is 0 Å². The largest absolute Gasteiger partial charge is 0.373 e. The van der Waals surface area contributed by atoms with Crippen molar-refractivity contribution in [3.63, 3.8) is 0 Å². The van der Waals surface area contributed by atoms with Crippen molar-refractivity contribution in [2.45, 2.75) is 103 Å². The van der Waals surface area contributed by atoms with E-state index in [1.807, 2.05) is 19.1 Å². The van der Waals surface area contributed by atoms with Crippen LogP contribution in [0.15, 0.2) is 29.2 Å². The maximum absolute atomic E-state index is 13.4. The van der Waals surface area contributed by atoms with E-state index in [1.54, 1.807) is 16.4 Å². The van der Waals surface area contributed by atoms with E-state index in [9.17, 15) is 8.42 Å². The number of hydrogen-bond donors (Lipinski definition) is 1. The Morgan fingerprint density at radius 1 is 0.806 bits per heavy atom. The predicted octanol–water partition coefficient (Wildman–Crippen LogP) is 5.25. The number of nitrogens with zero attached hydrogens (tertiary/aromatic N) is 2. The molecule has 0 unspecified atom stereocenters. The third-order valence-electron chi connectivity index (χ3n) is 6.23. The second kappa shape index (κ2) is 21.5. The zero-order valence-electron chi connectivity index (χ0n) is 23.4. The molecule has 1 N–H and O–H groups in total. The molecule has 1 aromatic carbocycles. The Balaban J connectivity index is 0.00000117. The van der Waals surface area contributed by atoms with E-state index < -0.39 is 10.0 Å². The van der Waals surface area contributed by atoms with Gasteiger partial charge in [0.15, 0.2) is 0 Å². The molecule has 0 saturated carbocycles. The molecule has 2 rings (SSSR count). The normalized spacial score (nSPS) is 14.0. The van der Waals surface area contributed by atoms with Gasteiger partial charge in [-0.3, -0.25) is 0 Å². The van der Waals surface area contributed by atoms with Crippen LogP contribution < -0.4 is 5.32 Å². The molecule has 36 heavy (non-hydrogen) atoms. The van der Waals surface area contributed by atoms with E-state index in [0.717, 1.165) is 70.4 Å². The minimum absolute atomic E-state index is 0.100. The number of carbonyl (C=O) groups excluding carboxylic acids is 2. The molecule has 1 aliphatic heterocycles. The average molecular weight is 526 g/mol. The summed E-state index contributed by atoms with van der Waals surface area (Å²) in [7, 11) is -3.45. The molecule has 0 amide bonds. The maximum atomic E-state index is 13.4. The van der Waals surface area contributed by atoms with Crippen molar-refractivity contribution in [1.29, 1.82) is 0 Å². The molecule has 7 nitrogen and oxygen atoms in total. The molecular weight excluding hydrogens is 474 g/mol. The van der Waals surface area contributed by atoms with Crippen LogP contribution in [0, 0.1) is 6.92 Å². The molecule has 1 fully saturated rings. The van der Waals surface area contributed by atoms with Crippen molar-refractivity contribution in [3.8, 4) is 0 Å². The molecule has 1 saturated heterocycles. The van der Waals surface area contributed by atoms with E-state index in [2.05, 4.69) is 37.9 Å². The minimum Gasteiger partial charge on any atom is -0.317 e. The van der Waals surface area contributed by atoms with Gasteiger partial charge in [-0.05, 0) is 83.9 Å². The molecule has 0 radical (unpaired) electrons. The van der Waals surface area contributed by atoms with E-state index in [4.69, 9.17) is 9.59 Å². The summed E-state index contributed by atoms with van der Waals surface area (Å²) in [5.74, 6) is 0. The summed E-state index contributed by atoms with van der Waals surface area (Å²) < 4.78 is 28.5. The Kier molecular flexibility index (Phi) is 20.6. The fourth-order valence-corrected chi connectivity index (χ4v) is 6.08. The first-order chi connectivity index (χ1) is 17.3. The molecule has 0 aromatic heterocycles. The van der Waals surface area contributed by atoms with Gasteiger partial charge in [0, 0.05) is 12.6 Å². The molecule has 1 aliphatic rings. The van der Waals surface area contributed by atoms with Crippen molar-refractivity contribution in [1.82, 2.24) is 14.5 Å². The average Bonchev–Trinajstić information content (AvgIpc) is 2.87. The van der Waals surface area contributed by atoms with Gasteiger partial charge in [-0.1, -0.05) is 71.1 Å². The molecule has 208 valence electrons. The number of unbranched alkanes of at least 4 members (excludes halogenated alkanes) is 3. The lowest BCUT2D eigenvalue weighted by atomic mass is 10.1. The molecule has 8 heteroatoms. The first-order valence-corrected chi connectivity index (χ1v) is 15.3. The summed E-state index contributed by atoms with van der Waals surface area (Å²) in [4.78, 5) is 19.1. The Morgan fingerprint density at radius 3 is 1.75 bits per heavy atom. The topological polar surface area (TPSA) is 86.8 Å². The SMILES string of the molecule is CCCCCC.CCCN(CCC)CCCN(C1CCNCC1)S(=O)(=O)c1ccc(C)cc1.O=C=O. The van der Waals surface area contributed by atoms with Crippen LogP contribution in [0.3, 0.4) is 0 Å². The lowest BCUT2D eigenvalue weighted by Crippen LogP contribution is -2.47. The second-order valence-corrected chi connectivity index (χ2v) is 11.3. The Bertz CT molecular complexity index is 778. The molecule has 0 bridgehead atoms.